The van der Waals surface area contributed by atoms with Crippen LogP contribution >= 0.6 is 0 Å². The zero-order valence-corrected chi connectivity index (χ0v) is 10.6. The van der Waals surface area contributed by atoms with E-state index in [4.69, 9.17) is 0 Å². The third-order valence-electron chi connectivity index (χ3n) is 4.14. The molecule has 1 saturated carbocycles. The van der Waals surface area contributed by atoms with Gasteiger partial charge in [-0.2, -0.15) is 0 Å². The molecule has 17 heavy (non-hydrogen) atoms. The number of fused-ring (bicyclic) bond motifs is 4. The minimum atomic E-state index is 0.0508. The van der Waals surface area contributed by atoms with Crippen LogP contribution in [0.25, 0.3) is 5.65 Å². The Morgan fingerprint density at radius 3 is 2.88 bits per heavy atom. The van der Waals surface area contributed by atoms with E-state index in [9.17, 15) is 0 Å². The van der Waals surface area contributed by atoms with E-state index >= 15 is 0 Å². The minimum absolute atomic E-state index is 0.0508. The maximum atomic E-state index is 4.36. The van der Waals surface area contributed by atoms with E-state index in [1.165, 1.54) is 18.4 Å². The van der Waals surface area contributed by atoms with Gasteiger partial charge in [0.15, 0.2) is 5.65 Å². The molecule has 0 aromatic carbocycles. The van der Waals surface area contributed by atoms with Crippen molar-refractivity contribution in [3.63, 3.8) is 0 Å². The van der Waals surface area contributed by atoms with E-state index in [0.717, 1.165) is 23.3 Å². The Hall–Kier alpha value is -1.38. The Labute approximate surface area is 101 Å². The molecule has 3 nitrogen and oxygen atoms in total. The Morgan fingerprint density at radius 2 is 2.12 bits per heavy atom. The van der Waals surface area contributed by atoms with Gasteiger partial charge in [-0.15, -0.1) is 10.2 Å². The van der Waals surface area contributed by atoms with Crippen LogP contribution in [0.1, 0.15) is 50.1 Å². The van der Waals surface area contributed by atoms with Crippen LogP contribution in [0.3, 0.4) is 0 Å². The quantitative estimate of drug-likeness (QED) is 0.692. The predicted octanol–water partition coefficient (Wildman–Crippen LogP) is 2.69. The Kier molecular flexibility index (Phi) is 1.54. The van der Waals surface area contributed by atoms with E-state index < -0.39 is 0 Å². The summed E-state index contributed by atoms with van der Waals surface area (Å²) in [7, 11) is 0. The molecule has 0 bridgehead atoms. The van der Waals surface area contributed by atoms with Crippen LogP contribution in [0, 0.1) is 5.92 Å². The first kappa shape index (κ1) is 9.63. The summed E-state index contributed by atoms with van der Waals surface area (Å²) in [5.74, 6) is 2.84. The van der Waals surface area contributed by atoms with E-state index in [-0.39, 0.29) is 5.41 Å². The van der Waals surface area contributed by atoms with Crippen LogP contribution in [0.2, 0.25) is 0 Å². The molecule has 0 saturated heterocycles. The second kappa shape index (κ2) is 2.71. The first-order valence-corrected chi connectivity index (χ1v) is 6.42. The third-order valence-corrected chi connectivity index (χ3v) is 4.14. The molecule has 2 aliphatic rings. The van der Waals surface area contributed by atoms with Crippen LogP contribution in [-0.2, 0) is 11.8 Å². The average Bonchev–Trinajstić information content (AvgIpc) is 2.73. The second-order valence-electron chi connectivity index (χ2n) is 6.56. The maximum Gasteiger partial charge on any atom is 0.161 e. The van der Waals surface area contributed by atoms with E-state index in [2.05, 4.69) is 47.6 Å². The van der Waals surface area contributed by atoms with Gasteiger partial charge in [0.05, 0.1) is 0 Å². The number of hydrogen-bond acceptors (Lipinski definition) is 2. The van der Waals surface area contributed by atoms with Crippen molar-refractivity contribution in [1.29, 1.82) is 0 Å². The van der Waals surface area contributed by atoms with Crippen LogP contribution in [0.5, 0.6) is 0 Å². The van der Waals surface area contributed by atoms with Gasteiger partial charge in [0.2, 0.25) is 0 Å². The van der Waals surface area contributed by atoms with Gasteiger partial charge in [0, 0.05) is 11.6 Å². The molecule has 0 spiro atoms. The molecule has 0 aliphatic heterocycles. The summed E-state index contributed by atoms with van der Waals surface area (Å²) in [6, 6.07) is 2.24. The molecule has 2 unspecified atom stereocenters. The van der Waals surface area contributed by atoms with Crippen LogP contribution in [-0.4, -0.2) is 14.6 Å². The number of nitrogens with zero attached hydrogens (tertiary/aromatic N) is 3. The molecule has 1 fully saturated rings. The van der Waals surface area contributed by atoms with Crippen molar-refractivity contribution in [3.8, 4) is 0 Å². The summed E-state index contributed by atoms with van der Waals surface area (Å²) < 4.78 is 2.19. The second-order valence-corrected chi connectivity index (χ2v) is 6.56. The largest absolute Gasteiger partial charge is 0.286 e. The molecule has 0 amide bonds. The summed E-state index contributed by atoms with van der Waals surface area (Å²) in [5.41, 5.74) is 4.12. The van der Waals surface area contributed by atoms with Gasteiger partial charge in [-0.05, 0) is 41.9 Å². The predicted molar refractivity (Wildman–Crippen MR) is 66.2 cm³/mol. The van der Waals surface area contributed by atoms with Crippen LogP contribution in [0.15, 0.2) is 12.3 Å². The number of aromatic nitrogens is 3. The minimum Gasteiger partial charge on any atom is -0.286 e. The maximum absolute atomic E-state index is 4.36. The molecule has 2 aromatic rings. The Morgan fingerprint density at radius 1 is 1.29 bits per heavy atom. The number of hydrogen-bond donors (Lipinski definition) is 0. The lowest BCUT2D eigenvalue weighted by molar-refractivity contribution is 0.538. The van der Waals surface area contributed by atoms with Crippen molar-refractivity contribution in [3.05, 3.63) is 29.2 Å². The molecular formula is C14H17N3. The van der Waals surface area contributed by atoms with E-state index in [1.807, 2.05) is 0 Å². The molecule has 0 radical (unpaired) electrons. The third kappa shape index (κ3) is 1.22. The Balaban J connectivity index is 1.98. The van der Waals surface area contributed by atoms with Crippen LogP contribution in [0.4, 0.5) is 0 Å². The van der Waals surface area contributed by atoms with Crippen molar-refractivity contribution in [2.45, 2.75) is 44.9 Å². The summed E-state index contributed by atoms with van der Waals surface area (Å²) in [6.07, 6.45) is 4.95. The first-order valence-electron chi connectivity index (χ1n) is 6.42. The zero-order chi connectivity index (χ0) is 11.8. The standard InChI is InChI=1S/C14H17N3/c1-14(2,3)13-16-15-12-6-9-4-8-5-10(8)11(9)7-17(12)13/h6-8,10H,4-5H2,1-3H3. The van der Waals surface area contributed by atoms with E-state index in [0.29, 0.717) is 0 Å². The van der Waals surface area contributed by atoms with Gasteiger partial charge in [0.1, 0.15) is 5.82 Å². The van der Waals surface area contributed by atoms with Crippen molar-refractivity contribution in [1.82, 2.24) is 14.6 Å². The topological polar surface area (TPSA) is 30.2 Å². The molecule has 3 heteroatoms. The average molecular weight is 227 g/mol. The van der Waals surface area contributed by atoms with Crippen molar-refractivity contribution in [2.75, 3.05) is 0 Å². The van der Waals surface area contributed by atoms with E-state index in [1.54, 1.807) is 5.56 Å². The normalized spacial score (nSPS) is 26.1. The van der Waals surface area contributed by atoms with Crippen molar-refractivity contribution >= 4 is 5.65 Å². The molecule has 2 aromatic heterocycles. The van der Waals surface area contributed by atoms with Gasteiger partial charge >= 0.3 is 0 Å². The molecular weight excluding hydrogens is 210 g/mol. The first-order chi connectivity index (χ1) is 8.04. The van der Waals surface area contributed by atoms with Gasteiger partial charge in [-0.3, -0.25) is 4.40 Å². The highest BCUT2D eigenvalue weighted by atomic mass is 15.3. The van der Waals surface area contributed by atoms with Crippen molar-refractivity contribution < 1.29 is 0 Å². The monoisotopic (exact) mass is 227 g/mol. The molecule has 2 atom stereocenters. The summed E-state index contributed by atoms with van der Waals surface area (Å²) >= 11 is 0. The molecule has 2 heterocycles. The highest BCUT2D eigenvalue weighted by molar-refractivity contribution is 5.50. The lowest BCUT2D eigenvalue weighted by Crippen LogP contribution is -2.16. The van der Waals surface area contributed by atoms with Crippen molar-refractivity contribution in [2.24, 2.45) is 5.92 Å². The lowest BCUT2D eigenvalue weighted by atomic mass is 9.96. The highest BCUT2D eigenvalue weighted by Gasteiger charge is 2.45. The number of rotatable bonds is 0. The SMILES string of the molecule is CC(C)(C)c1nnc2cc3c(cn12)C1CC1C3. The lowest BCUT2D eigenvalue weighted by Gasteiger charge is -2.16. The molecule has 88 valence electrons. The highest BCUT2D eigenvalue weighted by Crippen LogP contribution is 2.56. The molecule has 4 rings (SSSR count). The zero-order valence-electron chi connectivity index (χ0n) is 10.6. The van der Waals surface area contributed by atoms with Gasteiger partial charge < -0.3 is 0 Å². The number of pyridine rings is 1. The smallest absolute Gasteiger partial charge is 0.161 e. The fraction of sp³-hybridized carbons (Fsp3) is 0.571. The molecule has 2 aliphatic carbocycles. The fourth-order valence-corrected chi connectivity index (χ4v) is 3.15. The summed E-state index contributed by atoms with van der Waals surface area (Å²) in [6.45, 7) is 6.57. The molecule has 0 N–H and O–H groups in total. The fourth-order valence-electron chi connectivity index (χ4n) is 3.15. The van der Waals surface area contributed by atoms with Gasteiger partial charge in [-0.25, -0.2) is 0 Å². The van der Waals surface area contributed by atoms with Gasteiger partial charge in [-0.1, -0.05) is 20.8 Å². The summed E-state index contributed by atoms with van der Waals surface area (Å²) in [4.78, 5) is 0. The Bertz CT molecular complexity index is 618. The van der Waals surface area contributed by atoms with Gasteiger partial charge in [0.25, 0.3) is 0 Å². The van der Waals surface area contributed by atoms with Crippen LogP contribution < -0.4 is 0 Å². The summed E-state index contributed by atoms with van der Waals surface area (Å²) in [5, 5.41) is 8.67.